The number of nitrogens with one attached hydrogen (secondary N) is 1. The minimum absolute atomic E-state index is 0.143. The topological polar surface area (TPSA) is 105 Å². The SMILES string of the molecule is CCNC(=O)C(Cc1ccccc1)N(Cc1c(Cl)cccc1Cl)C(=O)CN(c1ccc(Cl)cc1)S(=O)(=O)c1ccc(OC)c(OC)c1. The molecule has 0 spiro atoms. The maximum absolute atomic E-state index is 14.5. The first kappa shape index (κ1) is 35.9. The second kappa shape index (κ2) is 16.2. The maximum atomic E-state index is 14.5. The first-order valence-electron chi connectivity index (χ1n) is 14.5. The summed E-state index contributed by atoms with van der Waals surface area (Å²) in [5.74, 6) is -0.583. The van der Waals surface area contributed by atoms with Crippen LogP contribution in [-0.2, 0) is 32.6 Å². The number of nitrogens with zero attached hydrogens (tertiary/aromatic N) is 2. The van der Waals surface area contributed by atoms with E-state index in [4.69, 9.17) is 44.3 Å². The smallest absolute Gasteiger partial charge is 0.264 e. The number of carbonyl (C=O) groups is 2. The van der Waals surface area contributed by atoms with Crippen LogP contribution in [0.4, 0.5) is 5.69 Å². The second-order valence-electron chi connectivity index (χ2n) is 10.3. The number of hydrogen-bond donors (Lipinski definition) is 1. The molecule has 4 aromatic carbocycles. The van der Waals surface area contributed by atoms with E-state index in [-0.39, 0.29) is 39.3 Å². The summed E-state index contributed by atoms with van der Waals surface area (Å²) in [4.78, 5) is 29.4. The van der Waals surface area contributed by atoms with Crippen molar-refractivity contribution in [2.45, 2.75) is 30.8 Å². The molecule has 0 aliphatic heterocycles. The molecule has 9 nitrogen and oxygen atoms in total. The minimum Gasteiger partial charge on any atom is -0.493 e. The molecule has 13 heteroatoms. The molecule has 0 aromatic heterocycles. The summed E-state index contributed by atoms with van der Waals surface area (Å²) < 4.78 is 40.2. The van der Waals surface area contributed by atoms with E-state index in [2.05, 4.69) is 5.32 Å². The zero-order valence-corrected chi connectivity index (χ0v) is 29.0. The van der Waals surface area contributed by atoms with Crippen molar-refractivity contribution in [1.29, 1.82) is 0 Å². The number of halogens is 3. The van der Waals surface area contributed by atoms with Gasteiger partial charge in [-0.2, -0.15) is 0 Å². The zero-order valence-electron chi connectivity index (χ0n) is 26.0. The van der Waals surface area contributed by atoms with Gasteiger partial charge in [-0.05, 0) is 61.0 Å². The lowest BCUT2D eigenvalue weighted by molar-refractivity contribution is -0.140. The molecule has 4 rings (SSSR count). The van der Waals surface area contributed by atoms with Crippen LogP contribution in [0, 0.1) is 0 Å². The zero-order chi connectivity index (χ0) is 34.1. The van der Waals surface area contributed by atoms with Gasteiger partial charge in [0.05, 0.1) is 24.8 Å². The predicted octanol–water partition coefficient (Wildman–Crippen LogP) is 6.64. The van der Waals surface area contributed by atoms with E-state index in [0.29, 0.717) is 22.9 Å². The largest absolute Gasteiger partial charge is 0.493 e. The molecule has 1 N–H and O–H groups in total. The van der Waals surface area contributed by atoms with Crippen molar-refractivity contribution in [2.24, 2.45) is 0 Å². The van der Waals surface area contributed by atoms with Gasteiger partial charge in [0.25, 0.3) is 10.0 Å². The molecule has 0 saturated heterocycles. The van der Waals surface area contributed by atoms with Crippen molar-refractivity contribution < 1.29 is 27.5 Å². The highest BCUT2D eigenvalue weighted by atomic mass is 35.5. The highest BCUT2D eigenvalue weighted by Crippen LogP contribution is 2.33. The Morgan fingerprint density at radius 2 is 1.47 bits per heavy atom. The molecule has 47 heavy (non-hydrogen) atoms. The average Bonchev–Trinajstić information content (AvgIpc) is 3.06. The first-order chi connectivity index (χ1) is 22.5. The van der Waals surface area contributed by atoms with Crippen molar-refractivity contribution in [3.63, 3.8) is 0 Å². The summed E-state index contributed by atoms with van der Waals surface area (Å²) in [6.45, 7) is 1.23. The lowest BCUT2D eigenvalue weighted by Gasteiger charge is -2.34. The van der Waals surface area contributed by atoms with Crippen LogP contribution in [0.2, 0.25) is 15.1 Å². The van der Waals surface area contributed by atoms with Gasteiger partial charge < -0.3 is 19.7 Å². The van der Waals surface area contributed by atoms with Crippen LogP contribution in [0.15, 0.2) is 95.9 Å². The van der Waals surface area contributed by atoms with Gasteiger partial charge in [-0.25, -0.2) is 8.42 Å². The number of carbonyl (C=O) groups excluding carboxylic acids is 2. The van der Waals surface area contributed by atoms with Crippen LogP contribution in [-0.4, -0.2) is 58.5 Å². The number of hydrogen-bond acceptors (Lipinski definition) is 6. The summed E-state index contributed by atoms with van der Waals surface area (Å²) in [5, 5.41) is 3.77. The summed E-state index contributed by atoms with van der Waals surface area (Å²) >= 11 is 19.2. The Balaban J connectivity index is 1.85. The molecular formula is C34H34Cl3N3O6S. The Morgan fingerprint density at radius 1 is 0.830 bits per heavy atom. The first-order valence-corrected chi connectivity index (χ1v) is 17.1. The summed E-state index contributed by atoms with van der Waals surface area (Å²) in [5.41, 5.74) is 1.37. The second-order valence-corrected chi connectivity index (χ2v) is 13.4. The Bertz CT molecular complexity index is 1790. The van der Waals surface area contributed by atoms with E-state index in [1.165, 1.54) is 61.6 Å². The van der Waals surface area contributed by atoms with Crippen molar-refractivity contribution in [3.05, 3.63) is 117 Å². The number of sulfonamides is 1. The number of anilines is 1. The monoisotopic (exact) mass is 717 g/mol. The molecule has 4 aromatic rings. The van der Waals surface area contributed by atoms with Gasteiger partial charge in [-0.3, -0.25) is 13.9 Å². The summed E-state index contributed by atoms with van der Waals surface area (Å²) in [6.07, 6.45) is 0.143. The highest BCUT2D eigenvalue weighted by Gasteiger charge is 2.35. The van der Waals surface area contributed by atoms with Crippen LogP contribution < -0.4 is 19.1 Å². The number of benzene rings is 4. The van der Waals surface area contributed by atoms with Gasteiger partial charge in [0, 0.05) is 46.2 Å². The van der Waals surface area contributed by atoms with E-state index < -0.39 is 34.4 Å². The molecule has 1 atom stereocenters. The summed E-state index contributed by atoms with van der Waals surface area (Å²) in [7, 11) is -1.58. The van der Waals surface area contributed by atoms with Gasteiger partial charge in [0.15, 0.2) is 11.5 Å². The highest BCUT2D eigenvalue weighted by molar-refractivity contribution is 7.92. The molecule has 0 saturated carbocycles. The third-order valence-corrected chi connectivity index (χ3v) is 10.1. The van der Waals surface area contributed by atoms with Crippen LogP contribution in [0.3, 0.4) is 0 Å². The normalized spacial score (nSPS) is 11.8. The van der Waals surface area contributed by atoms with Gasteiger partial charge in [0.1, 0.15) is 12.6 Å². The van der Waals surface area contributed by atoms with Gasteiger partial charge in [-0.1, -0.05) is 71.2 Å². The molecule has 0 fully saturated rings. The average molecular weight is 719 g/mol. The Morgan fingerprint density at radius 3 is 2.06 bits per heavy atom. The van der Waals surface area contributed by atoms with Gasteiger partial charge in [0.2, 0.25) is 11.8 Å². The lowest BCUT2D eigenvalue weighted by Crippen LogP contribution is -2.53. The molecule has 0 bridgehead atoms. The van der Waals surface area contributed by atoms with Crippen LogP contribution in [0.1, 0.15) is 18.1 Å². The van der Waals surface area contributed by atoms with Crippen LogP contribution in [0.5, 0.6) is 11.5 Å². The number of ether oxygens (including phenoxy) is 2. The molecule has 0 aliphatic carbocycles. The molecule has 0 heterocycles. The van der Waals surface area contributed by atoms with E-state index in [0.717, 1.165) is 9.87 Å². The van der Waals surface area contributed by atoms with E-state index in [1.54, 1.807) is 25.1 Å². The van der Waals surface area contributed by atoms with Gasteiger partial charge in [-0.15, -0.1) is 0 Å². The minimum atomic E-state index is -4.40. The molecule has 1 unspecified atom stereocenters. The molecule has 2 amide bonds. The van der Waals surface area contributed by atoms with Crippen molar-refractivity contribution in [2.75, 3.05) is 31.6 Å². The third-order valence-electron chi connectivity index (χ3n) is 7.35. The van der Waals surface area contributed by atoms with Crippen LogP contribution >= 0.6 is 34.8 Å². The molecular weight excluding hydrogens is 685 g/mol. The van der Waals surface area contributed by atoms with E-state index >= 15 is 0 Å². The van der Waals surface area contributed by atoms with Crippen molar-refractivity contribution in [3.8, 4) is 11.5 Å². The van der Waals surface area contributed by atoms with Crippen molar-refractivity contribution >= 4 is 62.3 Å². The fourth-order valence-electron chi connectivity index (χ4n) is 4.94. The van der Waals surface area contributed by atoms with Gasteiger partial charge >= 0.3 is 0 Å². The Hall–Kier alpha value is -3.96. The fraction of sp³-hybridized carbons (Fsp3) is 0.235. The molecule has 248 valence electrons. The Labute approximate surface area is 290 Å². The number of methoxy groups -OCH3 is 2. The number of rotatable bonds is 14. The number of amides is 2. The number of likely N-dealkylation sites (N-methyl/N-ethyl adjacent to an activating group) is 1. The molecule has 0 aliphatic rings. The molecule has 0 radical (unpaired) electrons. The lowest BCUT2D eigenvalue weighted by atomic mass is 10.0. The van der Waals surface area contributed by atoms with E-state index in [9.17, 15) is 18.0 Å². The quantitative estimate of drug-likeness (QED) is 0.157. The van der Waals surface area contributed by atoms with Crippen molar-refractivity contribution in [1.82, 2.24) is 10.2 Å². The predicted molar refractivity (Wildman–Crippen MR) is 185 cm³/mol. The summed E-state index contributed by atoms with van der Waals surface area (Å²) in [6, 6.07) is 23.3. The fourth-order valence-corrected chi connectivity index (χ4v) is 7.01. The Kier molecular flexibility index (Phi) is 12.4. The maximum Gasteiger partial charge on any atom is 0.264 e. The standard InChI is InChI=1S/C34H34Cl3N3O6S/c1-4-38-34(42)30(19-23-9-6-5-7-10-23)39(21-27-28(36)11-8-12-29(27)37)33(41)22-40(25-15-13-24(35)14-16-25)47(43,44)26-17-18-31(45-2)32(20-26)46-3/h5-18,20,30H,4,19,21-22H2,1-3H3,(H,38,42). The third kappa shape index (κ3) is 8.70. The van der Waals surface area contributed by atoms with Crippen LogP contribution in [0.25, 0.3) is 0 Å². The van der Waals surface area contributed by atoms with E-state index in [1.807, 2.05) is 30.3 Å².